The molecule has 0 saturated heterocycles. The van der Waals surface area contributed by atoms with Gasteiger partial charge >= 0.3 is 0 Å². The predicted octanol–water partition coefficient (Wildman–Crippen LogP) is 5.13. The molecule has 0 aliphatic heterocycles. The van der Waals surface area contributed by atoms with E-state index < -0.39 is 0 Å². The fourth-order valence-electron chi connectivity index (χ4n) is 2.68. The van der Waals surface area contributed by atoms with Crippen LogP contribution < -0.4 is 4.74 Å². The van der Waals surface area contributed by atoms with E-state index in [1.54, 1.807) is 30.3 Å². The molecule has 0 amide bonds. The monoisotopic (exact) mass is 410 g/mol. The molecule has 2 heterocycles. The zero-order valence-electron chi connectivity index (χ0n) is 15.5. The van der Waals surface area contributed by atoms with Crippen LogP contribution in [0.15, 0.2) is 59.1 Å². The molecule has 0 unspecified atom stereocenters. The Kier molecular flexibility index (Phi) is 5.48. The molecule has 0 aliphatic rings. The molecule has 0 radical (unpaired) electrons. The third kappa shape index (κ3) is 4.57. The summed E-state index contributed by atoms with van der Waals surface area (Å²) in [6.07, 6.45) is 0.719. The maximum Gasteiger partial charge on any atom is 0.264 e. The highest BCUT2D eigenvalue weighted by molar-refractivity contribution is 6.30. The molecule has 2 aromatic carbocycles. The van der Waals surface area contributed by atoms with Crippen molar-refractivity contribution in [2.75, 3.05) is 0 Å². The van der Waals surface area contributed by atoms with Crippen LogP contribution in [0.2, 0.25) is 5.02 Å². The van der Waals surface area contributed by atoms with Crippen molar-refractivity contribution in [3.05, 3.63) is 77.0 Å². The molecular formula is C21H16ClFN4O2. The first kappa shape index (κ1) is 19.0. The van der Waals surface area contributed by atoms with E-state index in [4.69, 9.17) is 20.9 Å². The SMILES string of the molecule is CCc1cc(OCc2nc(-c3cccc(F)c3)no2)nc(-c2cccc(Cl)c2)n1. The number of rotatable bonds is 6. The van der Waals surface area contributed by atoms with Crippen molar-refractivity contribution in [1.29, 1.82) is 0 Å². The fraction of sp³-hybridized carbons (Fsp3) is 0.143. The molecule has 2 aromatic heterocycles. The van der Waals surface area contributed by atoms with Gasteiger partial charge in [0.2, 0.25) is 11.7 Å². The zero-order chi connectivity index (χ0) is 20.2. The predicted molar refractivity (Wildman–Crippen MR) is 106 cm³/mol. The van der Waals surface area contributed by atoms with Crippen LogP contribution in [0.1, 0.15) is 18.5 Å². The lowest BCUT2D eigenvalue weighted by molar-refractivity contribution is 0.235. The number of hydrogen-bond acceptors (Lipinski definition) is 6. The van der Waals surface area contributed by atoms with Gasteiger partial charge in [-0.3, -0.25) is 0 Å². The molecule has 0 bridgehead atoms. The minimum Gasteiger partial charge on any atom is -0.467 e. The molecule has 146 valence electrons. The quantitative estimate of drug-likeness (QED) is 0.439. The van der Waals surface area contributed by atoms with Gasteiger partial charge in [-0.1, -0.05) is 47.9 Å². The first-order valence-electron chi connectivity index (χ1n) is 8.96. The zero-order valence-corrected chi connectivity index (χ0v) is 16.2. The highest BCUT2D eigenvalue weighted by Crippen LogP contribution is 2.23. The topological polar surface area (TPSA) is 73.9 Å². The van der Waals surface area contributed by atoms with Crippen LogP contribution in [0.4, 0.5) is 4.39 Å². The van der Waals surface area contributed by atoms with Gasteiger partial charge in [0.05, 0.1) is 0 Å². The minimum atomic E-state index is -0.369. The molecule has 0 atom stereocenters. The van der Waals surface area contributed by atoms with Crippen molar-refractivity contribution in [2.24, 2.45) is 0 Å². The second-order valence-electron chi connectivity index (χ2n) is 6.20. The van der Waals surface area contributed by atoms with Gasteiger partial charge < -0.3 is 9.26 Å². The van der Waals surface area contributed by atoms with Crippen LogP contribution in [-0.2, 0) is 13.0 Å². The molecule has 8 heteroatoms. The average Bonchev–Trinajstić information content (AvgIpc) is 3.21. The van der Waals surface area contributed by atoms with Gasteiger partial charge in [-0.25, -0.2) is 9.37 Å². The van der Waals surface area contributed by atoms with Gasteiger partial charge in [0.25, 0.3) is 5.89 Å². The van der Waals surface area contributed by atoms with Crippen molar-refractivity contribution in [3.8, 4) is 28.7 Å². The lowest BCUT2D eigenvalue weighted by atomic mass is 10.2. The normalized spacial score (nSPS) is 10.9. The van der Waals surface area contributed by atoms with Crippen LogP contribution in [0, 0.1) is 5.82 Å². The number of ether oxygens (including phenoxy) is 1. The van der Waals surface area contributed by atoms with Crippen molar-refractivity contribution in [2.45, 2.75) is 20.0 Å². The Bertz CT molecular complexity index is 1150. The van der Waals surface area contributed by atoms with Crippen molar-refractivity contribution >= 4 is 11.6 Å². The molecule has 6 nitrogen and oxygen atoms in total. The molecule has 29 heavy (non-hydrogen) atoms. The summed E-state index contributed by atoms with van der Waals surface area (Å²) < 4.78 is 24.3. The number of benzene rings is 2. The van der Waals surface area contributed by atoms with Crippen LogP contribution in [0.5, 0.6) is 5.88 Å². The number of halogens is 2. The molecule has 0 fully saturated rings. The van der Waals surface area contributed by atoms with Gasteiger partial charge in [-0.15, -0.1) is 0 Å². The Morgan fingerprint density at radius 1 is 0.966 bits per heavy atom. The van der Waals surface area contributed by atoms with E-state index in [2.05, 4.69) is 20.1 Å². The number of nitrogens with zero attached hydrogens (tertiary/aromatic N) is 4. The molecule has 0 N–H and O–H groups in total. The number of aryl methyl sites for hydroxylation is 1. The Labute approximate surface area is 171 Å². The molecule has 4 rings (SSSR count). The summed E-state index contributed by atoms with van der Waals surface area (Å²) in [5, 5.41) is 4.47. The molecular weight excluding hydrogens is 395 g/mol. The largest absolute Gasteiger partial charge is 0.467 e. The van der Waals surface area contributed by atoms with E-state index >= 15 is 0 Å². The summed E-state index contributed by atoms with van der Waals surface area (Å²) in [6, 6.07) is 15.0. The fourth-order valence-corrected chi connectivity index (χ4v) is 2.87. The average molecular weight is 411 g/mol. The van der Waals surface area contributed by atoms with Gasteiger partial charge in [0.1, 0.15) is 5.82 Å². The summed E-state index contributed by atoms with van der Waals surface area (Å²) >= 11 is 6.07. The summed E-state index contributed by atoms with van der Waals surface area (Å²) in [4.78, 5) is 13.2. The second kappa shape index (κ2) is 8.36. The second-order valence-corrected chi connectivity index (χ2v) is 6.63. The third-order valence-corrected chi connectivity index (χ3v) is 4.33. The first-order valence-corrected chi connectivity index (χ1v) is 9.33. The van der Waals surface area contributed by atoms with Gasteiger partial charge in [0, 0.05) is 27.9 Å². The smallest absolute Gasteiger partial charge is 0.264 e. The Morgan fingerprint density at radius 2 is 1.76 bits per heavy atom. The van der Waals surface area contributed by atoms with Crippen LogP contribution in [-0.4, -0.2) is 20.1 Å². The standard InChI is InChI=1S/C21H16ClFN4O2/c1-2-17-11-18(25-20(24-17)13-5-3-7-15(22)9-13)28-12-19-26-21(27-29-19)14-6-4-8-16(23)10-14/h3-11H,2,12H2,1H3. The van der Waals surface area contributed by atoms with E-state index in [-0.39, 0.29) is 18.3 Å². The minimum absolute atomic E-state index is 0.0253. The summed E-state index contributed by atoms with van der Waals surface area (Å²) in [7, 11) is 0. The molecule has 4 aromatic rings. The van der Waals surface area contributed by atoms with Crippen LogP contribution >= 0.6 is 11.6 Å². The maximum absolute atomic E-state index is 13.4. The summed E-state index contributed by atoms with van der Waals surface area (Å²) in [5.74, 6) is 1.08. The summed E-state index contributed by atoms with van der Waals surface area (Å²) in [6.45, 7) is 2.02. The molecule has 0 spiro atoms. The first-order chi connectivity index (χ1) is 14.1. The Morgan fingerprint density at radius 3 is 2.52 bits per heavy atom. The third-order valence-electron chi connectivity index (χ3n) is 4.10. The van der Waals surface area contributed by atoms with E-state index in [1.165, 1.54) is 12.1 Å². The van der Waals surface area contributed by atoms with Gasteiger partial charge in [-0.05, 0) is 30.7 Å². The van der Waals surface area contributed by atoms with Crippen molar-refractivity contribution in [3.63, 3.8) is 0 Å². The number of aromatic nitrogens is 4. The van der Waals surface area contributed by atoms with Crippen LogP contribution in [0.3, 0.4) is 0 Å². The van der Waals surface area contributed by atoms with Gasteiger partial charge in [-0.2, -0.15) is 9.97 Å². The van der Waals surface area contributed by atoms with Gasteiger partial charge in [0.15, 0.2) is 12.4 Å². The number of hydrogen-bond donors (Lipinski definition) is 0. The van der Waals surface area contributed by atoms with Crippen molar-refractivity contribution in [1.82, 2.24) is 20.1 Å². The Balaban J connectivity index is 1.53. The van der Waals surface area contributed by atoms with E-state index in [0.717, 1.165) is 17.7 Å². The van der Waals surface area contributed by atoms with E-state index in [0.29, 0.717) is 28.1 Å². The molecule has 0 aliphatic carbocycles. The lowest BCUT2D eigenvalue weighted by Gasteiger charge is -2.08. The Hall–Kier alpha value is -3.32. The highest BCUT2D eigenvalue weighted by atomic mass is 35.5. The highest BCUT2D eigenvalue weighted by Gasteiger charge is 2.12. The lowest BCUT2D eigenvalue weighted by Crippen LogP contribution is -2.02. The summed E-state index contributed by atoms with van der Waals surface area (Å²) in [5.41, 5.74) is 2.15. The van der Waals surface area contributed by atoms with E-state index in [1.807, 2.05) is 19.1 Å². The van der Waals surface area contributed by atoms with E-state index in [9.17, 15) is 4.39 Å². The molecule has 0 saturated carbocycles. The van der Waals surface area contributed by atoms with Crippen LogP contribution in [0.25, 0.3) is 22.8 Å². The maximum atomic E-state index is 13.4. The van der Waals surface area contributed by atoms with Crippen molar-refractivity contribution < 1.29 is 13.7 Å².